The van der Waals surface area contributed by atoms with Gasteiger partial charge in [0.05, 0.1) is 25.1 Å². The standard InChI is InChI=1S/C35H45FN4O7Si/c1-8-13-14-16-22(6)35-43-21-27-30(46-35)28(40-20-26(38-39-40)24-17-15-18-25(36)19-24)31(47-48(10-3,11-4)12-5)32(44-27)33-37-23(7)29(45-33)34(41)42-9-2/h8,13-20,27-28,30-32,35H,6,9-12,21H2,1-5,7H3/b13-8-,16-14-/t27-,28+,30+,31?,32-,35+/m1/s1. The molecule has 6 atom stereocenters. The molecule has 5 rings (SSSR count). The lowest BCUT2D eigenvalue weighted by Gasteiger charge is -2.50. The molecular formula is C35H45FN4O7Si. The van der Waals surface area contributed by atoms with Crippen LogP contribution in [-0.2, 0) is 23.4 Å². The number of benzene rings is 1. The molecule has 2 fully saturated rings. The van der Waals surface area contributed by atoms with Crippen LogP contribution in [0, 0.1) is 12.7 Å². The molecule has 1 aromatic carbocycles. The summed E-state index contributed by atoms with van der Waals surface area (Å²) in [4.78, 5) is 17.4. The van der Waals surface area contributed by atoms with Gasteiger partial charge in [-0.25, -0.2) is 18.9 Å². The Labute approximate surface area is 281 Å². The van der Waals surface area contributed by atoms with Gasteiger partial charge in [-0.05, 0) is 51.0 Å². The zero-order valence-corrected chi connectivity index (χ0v) is 29.4. The molecule has 0 spiro atoms. The summed E-state index contributed by atoms with van der Waals surface area (Å²) < 4.78 is 54.0. The van der Waals surface area contributed by atoms with Crippen LogP contribution in [-0.4, -0.2) is 72.1 Å². The predicted molar refractivity (Wildman–Crippen MR) is 179 cm³/mol. The van der Waals surface area contributed by atoms with Crippen LogP contribution >= 0.6 is 0 Å². The topological polar surface area (TPSA) is 120 Å². The number of rotatable bonds is 13. The molecule has 0 aliphatic carbocycles. The molecule has 3 aromatic rings. The molecule has 258 valence electrons. The molecule has 48 heavy (non-hydrogen) atoms. The van der Waals surface area contributed by atoms with Crippen molar-refractivity contribution in [2.24, 2.45) is 0 Å². The number of allylic oxidation sites excluding steroid dienone is 3. The lowest BCUT2D eigenvalue weighted by Crippen LogP contribution is -2.60. The SMILES string of the molecule is C=C(/C=C\C=C/C)[C@H]1OC[C@H]2O[C@@H](c3nc(C)c(C(=O)OCC)o3)C(O[Si](CC)(CC)CC)[C@@H](n3cc(-c4cccc(F)c4)nn3)[C@H]2O1. The van der Waals surface area contributed by atoms with E-state index in [2.05, 4.69) is 42.6 Å². The van der Waals surface area contributed by atoms with E-state index in [0.717, 1.165) is 18.1 Å². The Balaban J connectivity index is 1.63. The van der Waals surface area contributed by atoms with Crippen LogP contribution in [0.2, 0.25) is 18.1 Å². The van der Waals surface area contributed by atoms with Gasteiger partial charge in [0.15, 0.2) is 20.7 Å². The molecule has 2 aromatic heterocycles. The van der Waals surface area contributed by atoms with E-state index in [1.54, 1.807) is 36.9 Å². The van der Waals surface area contributed by atoms with Gasteiger partial charge in [-0.3, -0.25) is 0 Å². The number of halogens is 1. The number of oxazole rings is 1. The molecule has 0 radical (unpaired) electrons. The smallest absolute Gasteiger partial charge is 0.376 e. The van der Waals surface area contributed by atoms with Gasteiger partial charge in [0.2, 0.25) is 11.7 Å². The highest BCUT2D eigenvalue weighted by molar-refractivity contribution is 6.73. The Hall–Kier alpha value is -3.75. The highest BCUT2D eigenvalue weighted by Gasteiger charge is 2.55. The number of ether oxygens (including phenoxy) is 4. The molecule has 0 N–H and O–H groups in total. The van der Waals surface area contributed by atoms with Crippen molar-refractivity contribution in [2.75, 3.05) is 13.2 Å². The van der Waals surface area contributed by atoms with Gasteiger partial charge in [-0.1, -0.05) is 69.0 Å². The van der Waals surface area contributed by atoms with Gasteiger partial charge in [-0.2, -0.15) is 0 Å². The van der Waals surface area contributed by atoms with Crippen molar-refractivity contribution in [3.05, 3.63) is 90.1 Å². The predicted octanol–water partition coefficient (Wildman–Crippen LogP) is 7.06. The van der Waals surface area contributed by atoms with E-state index < -0.39 is 51.0 Å². The molecule has 4 heterocycles. The number of nitrogens with zero attached hydrogens (tertiary/aromatic N) is 4. The summed E-state index contributed by atoms with van der Waals surface area (Å²) in [6.07, 6.45) is 5.71. The first-order chi connectivity index (χ1) is 23.2. The Morgan fingerprint density at radius 3 is 2.62 bits per heavy atom. The van der Waals surface area contributed by atoms with E-state index in [4.69, 9.17) is 27.8 Å². The van der Waals surface area contributed by atoms with Crippen LogP contribution in [0.25, 0.3) is 11.3 Å². The average Bonchev–Trinajstić information content (AvgIpc) is 3.74. The summed E-state index contributed by atoms with van der Waals surface area (Å²) in [5.41, 5.74) is 2.07. The lowest BCUT2D eigenvalue weighted by atomic mass is 9.91. The number of aryl methyl sites for hydroxylation is 1. The van der Waals surface area contributed by atoms with Gasteiger partial charge in [0, 0.05) is 11.1 Å². The van der Waals surface area contributed by atoms with E-state index in [1.165, 1.54) is 12.1 Å². The lowest BCUT2D eigenvalue weighted by molar-refractivity contribution is -0.304. The zero-order chi connectivity index (χ0) is 34.4. The molecular weight excluding hydrogens is 635 g/mol. The van der Waals surface area contributed by atoms with Gasteiger partial charge >= 0.3 is 5.97 Å². The van der Waals surface area contributed by atoms with Crippen molar-refractivity contribution < 1.29 is 37.0 Å². The van der Waals surface area contributed by atoms with Gasteiger partial charge in [0.1, 0.15) is 35.9 Å². The fourth-order valence-corrected chi connectivity index (χ4v) is 9.05. The minimum Gasteiger partial charge on any atom is -0.460 e. The number of esters is 1. The second kappa shape index (κ2) is 15.6. The van der Waals surface area contributed by atoms with Crippen molar-refractivity contribution in [2.45, 2.75) is 96.4 Å². The number of carbonyl (C=O) groups is 1. The van der Waals surface area contributed by atoms with Crippen molar-refractivity contribution in [3.8, 4) is 11.3 Å². The number of aromatic nitrogens is 4. The third-order valence-corrected chi connectivity index (χ3v) is 13.7. The summed E-state index contributed by atoms with van der Waals surface area (Å²) in [5, 5.41) is 8.99. The summed E-state index contributed by atoms with van der Waals surface area (Å²) in [7, 11) is -2.35. The Morgan fingerprint density at radius 1 is 1.17 bits per heavy atom. The second-order valence-electron chi connectivity index (χ2n) is 11.9. The fourth-order valence-electron chi connectivity index (χ4n) is 6.21. The van der Waals surface area contributed by atoms with Crippen LogP contribution in [0.3, 0.4) is 0 Å². The van der Waals surface area contributed by atoms with E-state index in [0.29, 0.717) is 22.5 Å². The maximum absolute atomic E-state index is 14.2. The molecule has 1 unspecified atom stereocenters. The largest absolute Gasteiger partial charge is 0.460 e. The van der Waals surface area contributed by atoms with Crippen molar-refractivity contribution in [1.29, 1.82) is 0 Å². The van der Waals surface area contributed by atoms with Crippen LogP contribution in [0.1, 0.15) is 68.9 Å². The molecule has 2 aliphatic heterocycles. The van der Waals surface area contributed by atoms with Crippen LogP contribution in [0.5, 0.6) is 0 Å². The quantitative estimate of drug-likeness (QED) is 0.105. The Bertz CT molecular complexity index is 1630. The highest BCUT2D eigenvalue weighted by Crippen LogP contribution is 2.46. The molecule has 2 saturated heterocycles. The zero-order valence-electron chi connectivity index (χ0n) is 28.4. The first-order valence-corrected chi connectivity index (χ1v) is 19.1. The van der Waals surface area contributed by atoms with E-state index in [1.807, 2.05) is 31.2 Å². The van der Waals surface area contributed by atoms with Crippen molar-refractivity contribution in [1.82, 2.24) is 20.0 Å². The molecule has 0 saturated carbocycles. The second-order valence-corrected chi connectivity index (χ2v) is 16.6. The summed E-state index contributed by atoms with van der Waals surface area (Å²) in [6.45, 7) is 16.3. The molecule has 0 bridgehead atoms. The van der Waals surface area contributed by atoms with E-state index >= 15 is 0 Å². The first kappa shape index (κ1) is 35.6. The van der Waals surface area contributed by atoms with Crippen molar-refractivity contribution >= 4 is 14.3 Å². The molecule has 0 amide bonds. The maximum Gasteiger partial charge on any atom is 0.376 e. The van der Waals surface area contributed by atoms with Crippen LogP contribution in [0.4, 0.5) is 4.39 Å². The number of carbonyl (C=O) groups excluding carboxylic acids is 1. The minimum atomic E-state index is -2.35. The summed E-state index contributed by atoms with van der Waals surface area (Å²) >= 11 is 0. The molecule has 13 heteroatoms. The third kappa shape index (κ3) is 7.45. The minimum absolute atomic E-state index is 0.00688. The number of hydrogen-bond donors (Lipinski definition) is 0. The number of hydrogen-bond acceptors (Lipinski definition) is 10. The maximum atomic E-state index is 14.2. The Kier molecular flexibility index (Phi) is 11.6. The van der Waals surface area contributed by atoms with E-state index in [-0.39, 0.29) is 30.7 Å². The van der Waals surface area contributed by atoms with Crippen LogP contribution < -0.4 is 0 Å². The first-order valence-electron chi connectivity index (χ1n) is 16.6. The van der Waals surface area contributed by atoms with Gasteiger partial charge in [-0.15, -0.1) is 5.10 Å². The summed E-state index contributed by atoms with van der Waals surface area (Å²) in [6, 6.07) is 8.15. The molecule has 11 nitrogen and oxygen atoms in total. The Morgan fingerprint density at radius 2 is 1.94 bits per heavy atom. The fraction of sp³-hybridized carbons (Fsp3) is 0.486. The third-order valence-electron chi connectivity index (χ3n) is 9.04. The number of fused-ring (bicyclic) bond motifs is 1. The van der Waals surface area contributed by atoms with Gasteiger partial charge in [0.25, 0.3) is 0 Å². The molecule has 2 aliphatic rings. The summed E-state index contributed by atoms with van der Waals surface area (Å²) in [5.74, 6) is -0.798. The van der Waals surface area contributed by atoms with Gasteiger partial charge < -0.3 is 27.8 Å². The normalized spacial score (nSPS) is 24.6. The highest BCUT2D eigenvalue weighted by atomic mass is 28.4. The average molecular weight is 681 g/mol. The monoisotopic (exact) mass is 680 g/mol. The van der Waals surface area contributed by atoms with Crippen molar-refractivity contribution in [3.63, 3.8) is 0 Å². The van der Waals surface area contributed by atoms with Crippen LogP contribution in [0.15, 0.2) is 71.3 Å². The van der Waals surface area contributed by atoms with E-state index in [9.17, 15) is 9.18 Å².